The fourth-order valence-electron chi connectivity index (χ4n) is 2.93. The number of rotatable bonds is 5. The molecule has 1 N–H and O–H groups in total. The first-order chi connectivity index (χ1) is 9.20. The predicted molar refractivity (Wildman–Crippen MR) is 90.0 cm³/mol. The fourth-order valence-corrected chi connectivity index (χ4v) is 3.06. The van der Waals surface area contributed by atoms with Crippen molar-refractivity contribution >= 4 is 24.0 Å². The van der Waals surface area contributed by atoms with Crippen LogP contribution in [0.1, 0.15) is 37.8 Å². The van der Waals surface area contributed by atoms with Crippen LogP contribution in [0.3, 0.4) is 0 Å². The minimum atomic E-state index is 0. The number of hydrogen-bond donors (Lipinski definition) is 1. The van der Waals surface area contributed by atoms with Crippen LogP contribution in [-0.4, -0.2) is 31.6 Å². The second-order valence-corrected chi connectivity index (χ2v) is 6.04. The Hall–Kier alpha value is -0.280. The molecule has 1 fully saturated rings. The largest absolute Gasteiger partial charge is 0.320 e. The fraction of sp³-hybridized carbons (Fsp3) is 0.625. The highest BCUT2D eigenvalue weighted by Gasteiger charge is 2.23. The van der Waals surface area contributed by atoms with Gasteiger partial charge in [-0.2, -0.15) is 0 Å². The summed E-state index contributed by atoms with van der Waals surface area (Å²) in [5.41, 5.74) is 1.37. The van der Waals surface area contributed by atoms with Crippen LogP contribution in [0.2, 0.25) is 5.02 Å². The SMILES string of the molecule is CNCCC1CCN(C(C)c2ccc(Cl)cc2)CC1.Cl. The minimum absolute atomic E-state index is 0. The lowest BCUT2D eigenvalue weighted by Crippen LogP contribution is -2.36. The number of nitrogens with zero attached hydrogens (tertiary/aromatic N) is 1. The van der Waals surface area contributed by atoms with E-state index in [2.05, 4.69) is 29.3 Å². The minimum Gasteiger partial charge on any atom is -0.320 e. The summed E-state index contributed by atoms with van der Waals surface area (Å²) in [5, 5.41) is 4.08. The van der Waals surface area contributed by atoms with Crippen LogP contribution >= 0.6 is 24.0 Å². The van der Waals surface area contributed by atoms with Crippen molar-refractivity contribution in [1.82, 2.24) is 10.2 Å². The van der Waals surface area contributed by atoms with Crippen LogP contribution in [0.4, 0.5) is 0 Å². The van der Waals surface area contributed by atoms with Crippen molar-refractivity contribution < 1.29 is 0 Å². The smallest absolute Gasteiger partial charge is 0.0406 e. The van der Waals surface area contributed by atoms with E-state index in [1.807, 2.05) is 19.2 Å². The van der Waals surface area contributed by atoms with Gasteiger partial charge in [0.05, 0.1) is 0 Å². The van der Waals surface area contributed by atoms with Gasteiger partial charge in [0.25, 0.3) is 0 Å². The van der Waals surface area contributed by atoms with Gasteiger partial charge in [-0.3, -0.25) is 4.90 Å². The third-order valence-corrected chi connectivity index (χ3v) is 4.60. The van der Waals surface area contributed by atoms with E-state index in [0.717, 1.165) is 17.5 Å². The summed E-state index contributed by atoms with van der Waals surface area (Å²) in [4.78, 5) is 2.60. The first kappa shape index (κ1) is 17.8. The highest BCUT2D eigenvalue weighted by molar-refractivity contribution is 6.30. The van der Waals surface area contributed by atoms with E-state index in [0.29, 0.717) is 6.04 Å². The summed E-state index contributed by atoms with van der Waals surface area (Å²) < 4.78 is 0. The van der Waals surface area contributed by atoms with E-state index in [1.54, 1.807) is 0 Å². The third kappa shape index (κ3) is 4.92. The molecule has 0 aromatic heterocycles. The maximum absolute atomic E-state index is 5.95. The zero-order chi connectivity index (χ0) is 13.7. The van der Waals surface area contributed by atoms with Crippen LogP contribution in [0.5, 0.6) is 0 Å². The Morgan fingerprint density at radius 3 is 2.40 bits per heavy atom. The van der Waals surface area contributed by atoms with Crippen molar-refractivity contribution in [3.8, 4) is 0 Å². The molecule has 2 nitrogen and oxygen atoms in total. The van der Waals surface area contributed by atoms with Gasteiger partial charge in [0.1, 0.15) is 0 Å². The Bertz CT molecular complexity index is 373. The molecular formula is C16H26Cl2N2. The molecule has 114 valence electrons. The molecule has 0 saturated carbocycles. The molecule has 0 radical (unpaired) electrons. The van der Waals surface area contributed by atoms with Gasteiger partial charge in [-0.1, -0.05) is 23.7 Å². The predicted octanol–water partition coefficient (Wildman–Crippen LogP) is 4.14. The van der Waals surface area contributed by atoms with Crippen molar-refractivity contribution in [3.63, 3.8) is 0 Å². The summed E-state index contributed by atoms with van der Waals surface area (Å²) in [7, 11) is 2.04. The molecule has 1 aromatic rings. The molecule has 0 aliphatic carbocycles. The number of halogens is 2. The molecule has 0 spiro atoms. The van der Waals surface area contributed by atoms with Crippen molar-refractivity contribution in [2.24, 2.45) is 5.92 Å². The second kappa shape index (κ2) is 8.89. The normalized spacial score (nSPS) is 18.6. The molecule has 1 aliphatic heterocycles. The third-order valence-electron chi connectivity index (χ3n) is 4.35. The van der Waals surface area contributed by atoms with E-state index in [4.69, 9.17) is 11.6 Å². The Balaban J connectivity index is 0.00000200. The van der Waals surface area contributed by atoms with Crippen LogP contribution in [-0.2, 0) is 0 Å². The monoisotopic (exact) mass is 316 g/mol. The zero-order valence-electron chi connectivity index (χ0n) is 12.4. The quantitative estimate of drug-likeness (QED) is 0.878. The van der Waals surface area contributed by atoms with E-state index in [1.165, 1.54) is 37.9 Å². The van der Waals surface area contributed by atoms with E-state index in [-0.39, 0.29) is 12.4 Å². The first-order valence-corrected chi connectivity index (χ1v) is 7.72. The Morgan fingerprint density at radius 2 is 1.85 bits per heavy atom. The second-order valence-electron chi connectivity index (χ2n) is 5.60. The lowest BCUT2D eigenvalue weighted by molar-refractivity contribution is 0.137. The van der Waals surface area contributed by atoms with E-state index >= 15 is 0 Å². The van der Waals surface area contributed by atoms with Gasteiger partial charge in [0, 0.05) is 11.1 Å². The molecule has 1 unspecified atom stereocenters. The molecule has 1 heterocycles. The van der Waals surface area contributed by atoms with Crippen LogP contribution in [0.25, 0.3) is 0 Å². The van der Waals surface area contributed by atoms with Gasteiger partial charge >= 0.3 is 0 Å². The molecule has 20 heavy (non-hydrogen) atoms. The van der Waals surface area contributed by atoms with Crippen molar-refractivity contribution in [1.29, 1.82) is 0 Å². The Labute approximate surface area is 134 Å². The van der Waals surface area contributed by atoms with Gasteiger partial charge in [0.2, 0.25) is 0 Å². The van der Waals surface area contributed by atoms with Gasteiger partial charge in [-0.15, -0.1) is 12.4 Å². The van der Waals surface area contributed by atoms with Gasteiger partial charge < -0.3 is 5.32 Å². The van der Waals surface area contributed by atoms with E-state index in [9.17, 15) is 0 Å². The molecule has 1 saturated heterocycles. The average molecular weight is 317 g/mol. The van der Waals surface area contributed by atoms with Crippen molar-refractivity contribution in [3.05, 3.63) is 34.9 Å². The number of nitrogens with one attached hydrogen (secondary N) is 1. The molecule has 1 aromatic carbocycles. The Kier molecular flexibility index (Phi) is 7.90. The lowest BCUT2D eigenvalue weighted by Gasteiger charge is -2.36. The summed E-state index contributed by atoms with van der Waals surface area (Å²) in [5.74, 6) is 0.904. The molecule has 0 amide bonds. The number of likely N-dealkylation sites (tertiary alicyclic amines) is 1. The molecule has 2 rings (SSSR count). The van der Waals surface area contributed by atoms with Crippen molar-refractivity contribution in [2.45, 2.75) is 32.2 Å². The summed E-state index contributed by atoms with van der Waals surface area (Å²) in [6.45, 7) is 5.89. The van der Waals surface area contributed by atoms with E-state index < -0.39 is 0 Å². The van der Waals surface area contributed by atoms with Crippen LogP contribution in [0, 0.1) is 5.92 Å². The van der Waals surface area contributed by atoms with Gasteiger partial charge in [-0.25, -0.2) is 0 Å². The summed E-state index contributed by atoms with van der Waals surface area (Å²) in [6, 6.07) is 8.79. The van der Waals surface area contributed by atoms with Crippen molar-refractivity contribution in [2.75, 3.05) is 26.7 Å². The van der Waals surface area contributed by atoms with Gasteiger partial charge in [0.15, 0.2) is 0 Å². The molecule has 0 bridgehead atoms. The van der Waals surface area contributed by atoms with Crippen LogP contribution < -0.4 is 5.32 Å². The molecule has 4 heteroatoms. The van der Waals surface area contributed by atoms with Gasteiger partial charge in [-0.05, 0) is 76.5 Å². The lowest BCUT2D eigenvalue weighted by atomic mass is 9.92. The molecular weight excluding hydrogens is 291 g/mol. The first-order valence-electron chi connectivity index (χ1n) is 7.35. The maximum Gasteiger partial charge on any atom is 0.0406 e. The highest BCUT2D eigenvalue weighted by atomic mass is 35.5. The number of hydrogen-bond acceptors (Lipinski definition) is 2. The average Bonchev–Trinajstić information content (AvgIpc) is 2.46. The zero-order valence-corrected chi connectivity index (χ0v) is 14.0. The highest BCUT2D eigenvalue weighted by Crippen LogP contribution is 2.28. The standard InChI is InChI=1S/C16H25ClN2.ClH/c1-13(15-3-5-16(17)6-4-15)19-11-8-14(9-12-19)7-10-18-2;/h3-6,13-14,18H,7-12H2,1-2H3;1H. The molecule has 1 atom stereocenters. The summed E-state index contributed by atoms with van der Waals surface area (Å²) >= 11 is 5.95. The Morgan fingerprint density at radius 1 is 1.25 bits per heavy atom. The molecule has 1 aliphatic rings. The number of benzene rings is 1. The maximum atomic E-state index is 5.95. The van der Waals surface area contributed by atoms with Crippen LogP contribution in [0.15, 0.2) is 24.3 Å². The summed E-state index contributed by atoms with van der Waals surface area (Å²) in [6.07, 6.45) is 3.99. The topological polar surface area (TPSA) is 15.3 Å². The number of piperidine rings is 1.